The third kappa shape index (κ3) is 36.5. The van der Waals surface area contributed by atoms with Crippen LogP contribution in [0.5, 0.6) is 0 Å². The molecule has 0 aromatic carbocycles. The molecule has 0 unspecified atom stereocenters. The van der Waals surface area contributed by atoms with Gasteiger partial charge in [0.2, 0.25) is 0 Å². The molecule has 0 aliphatic rings. The molecule has 0 aromatic heterocycles. The highest BCUT2D eigenvalue weighted by Crippen LogP contribution is 2.12. The third-order valence-corrected chi connectivity index (χ3v) is 8.35. The molecule has 272 valence electrons. The number of carbonyl (C=O) groups excluding carboxylic acids is 2. The summed E-state index contributed by atoms with van der Waals surface area (Å²) in [6, 6.07) is 0. The van der Waals surface area contributed by atoms with Gasteiger partial charge in [-0.25, -0.2) is 0 Å². The molecule has 0 bridgehead atoms. The van der Waals surface area contributed by atoms with E-state index in [1.807, 2.05) is 0 Å². The topological polar surface area (TPSA) is 72.8 Å². The third-order valence-electron chi connectivity index (χ3n) is 8.35. The van der Waals surface area contributed by atoms with Gasteiger partial charge >= 0.3 is 11.9 Å². The molecule has 0 rings (SSSR count). The lowest BCUT2D eigenvalue weighted by atomic mass is 10.1. The summed E-state index contributed by atoms with van der Waals surface area (Å²) in [5, 5.41) is 9.55. The Balaban J connectivity index is 3.62. The summed E-state index contributed by atoms with van der Waals surface area (Å²) >= 11 is 0. The number of aliphatic hydroxyl groups excluding tert-OH is 1. The van der Waals surface area contributed by atoms with Gasteiger partial charge in [0.25, 0.3) is 0 Å². The van der Waals surface area contributed by atoms with Gasteiger partial charge in [0, 0.05) is 12.8 Å². The van der Waals surface area contributed by atoms with Crippen molar-refractivity contribution in [3.8, 4) is 0 Å². The van der Waals surface area contributed by atoms with Crippen LogP contribution in [0.3, 0.4) is 0 Å². The number of aliphatic hydroxyl groups is 1. The van der Waals surface area contributed by atoms with Crippen molar-refractivity contribution in [2.24, 2.45) is 0 Å². The van der Waals surface area contributed by atoms with Crippen molar-refractivity contribution in [1.29, 1.82) is 0 Å². The molecule has 47 heavy (non-hydrogen) atoms. The van der Waals surface area contributed by atoms with Crippen molar-refractivity contribution in [3.05, 3.63) is 48.6 Å². The van der Waals surface area contributed by atoms with Gasteiger partial charge in [0.05, 0.1) is 6.61 Å². The van der Waals surface area contributed by atoms with Gasteiger partial charge in [-0.1, -0.05) is 146 Å². The fourth-order valence-corrected chi connectivity index (χ4v) is 5.32. The minimum Gasteiger partial charge on any atom is -0.462 e. The van der Waals surface area contributed by atoms with Gasteiger partial charge in [-0.2, -0.15) is 0 Å². The van der Waals surface area contributed by atoms with Crippen molar-refractivity contribution in [1.82, 2.24) is 0 Å². The maximum Gasteiger partial charge on any atom is 0.306 e. The van der Waals surface area contributed by atoms with Crippen LogP contribution in [0.25, 0.3) is 0 Å². The van der Waals surface area contributed by atoms with E-state index in [1.165, 1.54) is 89.9 Å². The van der Waals surface area contributed by atoms with E-state index in [4.69, 9.17) is 9.47 Å². The smallest absolute Gasteiger partial charge is 0.306 e. The number of carbonyl (C=O) groups is 2. The normalized spacial score (nSPS) is 12.7. The first kappa shape index (κ1) is 44.9. The Morgan fingerprint density at radius 1 is 0.489 bits per heavy atom. The van der Waals surface area contributed by atoms with E-state index in [2.05, 4.69) is 62.5 Å². The first-order chi connectivity index (χ1) is 23.1. The van der Waals surface area contributed by atoms with Crippen molar-refractivity contribution in [2.75, 3.05) is 13.2 Å². The summed E-state index contributed by atoms with van der Waals surface area (Å²) in [5.41, 5.74) is 0. The predicted molar refractivity (Wildman–Crippen MR) is 200 cm³/mol. The Bertz CT molecular complexity index is 797. The summed E-state index contributed by atoms with van der Waals surface area (Å²) in [7, 11) is 0. The van der Waals surface area contributed by atoms with E-state index in [1.54, 1.807) is 0 Å². The van der Waals surface area contributed by atoms with Crippen molar-refractivity contribution < 1.29 is 24.2 Å². The molecule has 0 aliphatic heterocycles. The molecule has 0 spiro atoms. The lowest BCUT2D eigenvalue weighted by molar-refractivity contribution is -0.161. The second-order valence-corrected chi connectivity index (χ2v) is 13.0. The molecule has 0 aromatic rings. The lowest BCUT2D eigenvalue weighted by Crippen LogP contribution is -2.28. The van der Waals surface area contributed by atoms with Gasteiger partial charge in [-0.15, -0.1) is 0 Å². The second kappa shape index (κ2) is 38.3. The predicted octanol–water partition coefficient (Wildman–Crippen LogP) is 12.2. The van der Waals surface area contributed by atoms with Crippen LogP contribution >= 0.6 is 0 Å². The highest BCUT2D eigenvalue weighted by atomic mass is 16.6. The van der Waals surface area contributed by atoms with Crippen LogP contribution < -0.4 is 0 Å². The van der Waals surface area contributed by atoms with Crippen molar-refractivity contribution >= 4 is 11.9 Å². The summed E-state index contributed by atoms with van der Waals surface area (Å²) < 4.78 is 10.6. The van der Waals surface area contributed by atoms with Gasteiger partial charge in [0.1, 0.15) is 6.61 Å². The molecular weight excluding hydrogens is 584 g/mol. The van der Waals surface area contributed by atoms with Crippen LogP contribution in [0.4, 0.5) is 0 Å². The van der Waals surface area contributed by atoms with Crippen LogP contribution in [0, 0.1) is 0 Å². The fourth-order valence-electron chi connectivity index (χ4n) is 5.32. The van der Waals surface area contributed by atoms with E-state index in [-0.39, 0.29) is 25.2 Å². The number of hydrogen-bond acceptors (Lipinski definition) is 5. The van der Waals surface area contributed by atoms with Gasteiger partial charge in [0.15, 0.2) is 6.10 Å². The molecule has 5 heteroatoms. The molecule has 5 nitrogen and oxygen atoms in total. The van der Waals surface area contributed by atoms with Gasteiger partial charge in [-0.05, 0) is 77.0 Å². The maximum absolute atomic E-state index is 12.2. The van der Waals surface area contributed by atoms with Crippen molar-refractivity contribution in [3.63, 3.8) is 0 Å². The van der Waals surface area contributed by atoms with E-state index in [0.717, 1.165) is 70.6 Å². The van der Waals surface area contributed by atoms with Crippen LogP contribution in [-0.2, 0) is 19.1 Å². The Kier molecular flexibility index (Phi) is 36.6. The standard InChI is InChI=1S/C42H74O5/c1-3-5-7-9-11-13-15-17-19-21-23-25-27-29-31-33-35-37-42(45)47-40(38-43)39-46-41(44)36-34-32-30-28-26-24-22-20-18-16-14-12-10-8-6-4-2/h11,13,17,19-20,22-23,25,40,43H,3-10,12,14-16,18,21,24,26-39H2,1-2H3/b13-11-,19-17-,22-20-,25-23-/t40-/m0/s1. The number of hydrogen-bond donors (Lipinski definition) is 1. The van der Waals surface area contributed by atoms with Crippen molar-refractivity contribution in [2.45, 2.75) is 193 Å². The Morgan fingerprint density at radius 2 is 0.851 bits per heavy atom. The zero-order chi connectivity index (χ0) is 34.3. The molecule has 0 saturated carbocycles. The molecule has 0 saturated heterocycles. The van der Waals surface area contributed by atoms with Crippen LogP contribution in [0.2, 0.25) is 0 Å². The van der Waals surface area contributed by atoms with Crippen LogP contribution in [0.1, 0.15) is 187 Å². The second-order valence-electron chi connectivity index (χ2n) is 13.0. The Labute approximate surface area is 290 Å². The largest absolute Gasteiger partial charge is 0.462 e. The zero-order valence-electron chi connectivity index (χ0n) is 30.8. The summed E-state index contributed by atoms with van der Waals surface area (Å²) in [6.07, 6.45) is 47.4. The van der Waals surface area contributed by atoms with Gasteiger partial charge in [-0.3, -0.25) is 9.59 Å². The molecule has 0 amide bonds. The zero-order valence-corrected chi connectivity index (χ0v) is 30.8. The Hall–Kier alpha value is -2.14. The van der Waals surface area contributed by atoms with E-state index >= 15 is 0 Å². The molecule has 1 N–H and O–H groups in total. The maximum atomic E-state index is 12.2. The number of rotatable bonds is 35. The number of unbranched alkanes of at least 4 members (excludes halogenated alkanes) is 19. The van der Waals surface area contributed by atoms with Crippen LogP contribution in [0.15, 0.2) is 48.6 Å². The number of esters is 2. The minimum absolute atomic E-state index is 0.0798. The first-order valence-electron chi connectivity index (χ1n) is 19.7. The minimum atomic E-state index is -0.786. The molecule has 0 radical (unpaired) electrons. The molecular formula is C42H74O5. The first-order valence-corrected chi connectivity index (χ1v) is 19.7. The van der Waals surface area contributed by atoms with E-state index < -0.39 is 6.10 Å². The monoisotopic (exact) mass is 659 g/mol. The molecule has 0 aliphatic carbocycles. The fraction of sp³-hybridized carbons (Fsp3) is 0.762. The number of ether oxygens (including phenoxy) is 2. The summed E-state index contributed by atoms with van der Waals surface area (Å²) in [6.45, 7) is 4.08. The van der Waals surface area contributed by atoms with Crippen LogP contribution in [-0.4, -0.2) is 36.4 Å². The Morgan fingerprint density at radius 3 is 1.34 bits per heavy atom. The quantitative estimate of drug-likeness (QED) is 0.0417. The average molecular weight is 659 g/mol. The molecule has 0 heterocycles. The highest BCUT2D eigenvalue weighted by Gasteiger charge is 2.16. The van der Waals surface area contributed by atoms with E-state index in [0.29, 0.717) is 12.8 Å². The lowest BCUT2D eigenvalue weighted by Gasteiger charge is -2.15. The molecule has 1 atom stereocenters. The van der Waals surface area contributed by atoms with Gasteiger partial charge < -0.3 is 14.6 Å². The SMILES string of the molecule is CCCCC/C=C\C/C=C\C/C=C\CCCCCCC(=O)O[C@@H](CO)COC(=O)CCCCCCC/C=C\CCCCCCCCC. The summed E-state index contributed by atoms with van der Waals surface area (Å²) in [5.74, 6) is -0.626. The number of allylic oxidation sites excluding steroid dienone is 8. The average Bonchev–Trinajstić information content (AvgIpc) is 3.07. The molecule has 0 fully saturated rings. The van der Waals surface area contributed by atoms with E-state index in [9.17, 15) is 14.7 Å². The highest BCUT2D eigenvalue weighted by molar-refractivity contribution is 5.70. The summed E-state index contributed by atoms with van der Waals surface area (Å²) in [4.78, 5) is 24.2.